The Morgan fingerprint density at radius 3 is 2.40 bits per heavy atom. The van der Waals surface area contributed by atoms with Gasteiger partial charge in [0, 0.05) is 18.2 Å². The molecule has 2 rings (SSSR count). The van der Waals surface area contributed by atoms with Gasteiger partial charge in [-0.3, -0.25) is 4.79 Å². The Morgan fingerprint density at radius 2 is 1.80 bits per heavy atom. The molecular formula is C17H20N2O. The van der Waals surface area contributed by atoms with E-state index in [1.54, 1.807) is 0 Å². The Hall–Kier alpha value is -2.03. The zero-order valence-electron chi connectivity index (χ0n) is 12.7. The number of Topliss-reactive ketones (excluding diaryl/α,β-unsaturated/α-hetero) is 1. The molecule has 0 aliphatic heterocycles. The average Bonchev–Trinajstić information content (AvgIpc) is 2.38. The minimum Gasteiger partial charge on any atom is -0.291 e. The molecule has 0 fully saturated rings. The van der Waals surface area contributed by atoms with Gasteiger partial charge in [0.05, 0.1) is 5.69 Å². The minimum atomic E-state index is -0.104. The molecule has 0 atom stereocenters. The smallest absolute Gasteiger partial charge is 0.196 e. The fourth-order valence-corrected chi connectivity index (χ4v) is 2.14. The number of aromatic nitrogens is 2. The highest BCUT2D eigenvalue weighted by atomic mass is 16.1. The van der Waals surface area contributed by atoms with Gasteiger partial charge in [-0.1, -0.05) is 26.0 Å². The van der Waals surface area contributed by atoms with E-state index in [4.69, 9.17) is 0 Å². The highest BCUT2D eigenvalue weighted by Crippen LogP contribution is 2.26. The molecule has 1 aromatic carbocycles. The van der Waals surface area contributed by atoms with Crippen LogP contribution in [-0.4, -0.2) is 15.8 Å². The number of nitrogens with zero attached hydrogens (tertiary/aromatic N) is 2. The van der Waals surface area contributed by atoms with E-state index >= 15 is 0 Å². The molecule has 0 N–H and O–H groups in total. The first-order valence-corrected chi connectivity index (χ1v) is 6.86. The number of benzene rings is 1. The average molecular weight is 268 g/mol. The van der Waals surface area contributed by atoms with Gasteiger partial charge >= 0.3 is 0 Å². The van der Waals surface area contributed by atoms with Crippen LogP contribution >= 0.6 is 0 Å². The molecule has 0 aliphatic carbocycles. The Kier molecular flexibility index (Phi) is 3.98. The lowest BCUT2D eigenvalue weighted by molar-refractivity contribution is 0.100. The van der Waals surface area contributed by atoms with Crippen LogP contribution in [0.3, 0.4) is 0 Å². The molecule has 20 heavy (non-hydrogen) atoms. The van der Waals surface area contributed by atoms with E-state index in [0.717, 1.165) is 22.5 Å². The van der Waals surface area contributed by atoms with E-state index in [0.29, 0.717) is 5.92 Å². The van der Waals surface area contributed by atoms with Crippen LogP contribution in [-0.2, 0) is 0 Å². The maximum Gasteiger partial charge on any atom is 0.196 e. The zero-order chi connectivity index (χ0) is 14.9. The molecule has 0 unspecified atom stereocenters. The van der Waals surface area contributed by atoms with Crippen LogP contribution in [0.1, 0.15) is 54.1 Å². The van der Waals surface area contributed by atoms with Gasteiger partial charge in [-0.05, 0) is 43.0 Å². The van der Waals surface area contributed by atoms with Crippen LogP contribution < -0.4 is 0 Å². The van der Waals surface area contributed by atoms with E-state index in [1.807, 2.05) is 13.0 Å². The number of carbonyl (C=O) groups excluding carboxylic acids is 1. The first kappa shape index (κ1) is 14.4. The highest BCUT2D eigenvalue weighted by molar-refractivity contribution is 5.90. The van der Waals surface area contributed by atoms with Gasteiger partial charge < -0.3 is 0 Å². The molecule has 0 saturated heterocycles. The van der Waals surface area contributed by atoms with Crippen molar-refractivity contribution in [2.45, 2.75) is 40.5 Å². The SMILES string of the molecule is CC(=O)c1nc(C)cc(-c2cc(C(C)C)ccc2C)n1. The van der Waals surface area contributed by atoms with Gasteiger partial charge in [-0.2, -0.15) is 0 Å². The molecule has 2 aromatic rings. The third-order valence-electron chi connectivity index (χ3n) is 3.37. The predicted molar refractivity (Wildman–Crippen MR) is 81.0 cm³/mol. The number of hydrogen-bond acceptors (Lipinski definition) is 3. The van der Waals surface area contributed by atoms with Gasteiger partial charge in [0.1, 0.15) is 0 Å². The highest BCUT2D eigenvalue weighted by Gasteiger charge is 2.11. The third-order valence-corrected chi connectivity index (χ3v) is 3.37. The Balaban J connectivity index is 2.61. The third kappa shape index (κ3) is 2.93. The maximum absolute atomic E-state index is 11.5. The van der Waals surface area contributed by atoms with Crippen molar-refractivity contribution in [3.8, 4) is 11.3 Å². The van der Waals surface area contributed by atoms with Gasteiger partial charge in [-0.25, -0.2) is 9.97 Å². The van der Waals surface area contributed by atoms with Crippen LogP contribution in [0.15, 0.2) is 24.3 Å². The molecule has 0 aliphatic rings. The first-order chi connectivity index (χ1) is 9.38. The van der Waals surface area contributed by atoms with Crippen molar-refractivity contribution in [1.82, 2.24) is 9.97 Å². The summed E-state index contributed by atoms with van der Waals surface area (Å²) in [6.45, 7) is 9.78. The summed E-state index contributed by atoms with van der Waals surface area (Å²) in [5.41, 5.74) is 5.13. The predicted octanol–water partition coefficient (Wildman–Crippen LogP) is 4.09. The molecule has 3 nitrogen and oxygen atoms in total. The Labute approximate surface area is 120 Å². The van der Waals surface area contributed by atoms with Crippen molar-refractivity contribution in [3.63, 3.8) is 0 Å². The van der Waals surface area contributed by atoms with E-state index in [-0.39, 0.29) is 11.6 Å². The quantitative estimate of drug-likeness (QED) is 0.787. The monoisotopic (exact) mass is 268 g/mol. The van der Waals surface area contributed by atoms with Crippen LogP contribution in [0.5, 0.6) is 0 Å². The van der Waals surface area contributed by atoms with Crippen LogP contribution in [0, 0.1) is 13.8 Å². The van der Waals surface area contributed by atoms with E-state index in [2.05, 4.69) is 48.9 Å². The molecule has 0 bridgehead atoms. The Bertz CT molecular complexity index is 660. The number of hydrogen-bond donors (Lipinski definition) is 0. The standard InChI is InChI=1S/C17H20N2O/c1-10(2)14-7-6-11(3)15(9-14)16-8-12(4)18-17(19-16)13(5)20/h6-10H,1-5H3. The summed E-state index contributed by atoms with van der Waals surface area (Å²) in [6, 6.07) is 8.34. The van der Waals surface area contributed by atoms with Crippen molar-refractivity contribution >= 4 is 5.78 Å². The zero-order valence-corrected chi connectivity index (χ0v) is 12.7. The molecule has 0 radical (unpaired) electrons. The lowest BCUT2D eigenvalue weighted by atomic mass is 9.96. The summed E-state index contributed by atoms with van der Waals surface area (Å²) in [7, 11) is 0. The molecule has 104 valence electrons. The fourth-order valence-electron chi connectivity index (χ4n) is 2.14. The van der Waals surface area contributed by atoms with Gasteiger partial charge in [0.25, 0.3) is 0 Å². The van der Waals surface area contributed by atoms with E-state index < -0.39 is 0 Å². The minimum absolute atomic E-state index is 0.104. The first-order valence-electron chi connectivity index (χ1n) is 6.86. The molecule has 1 aromatic heterocycles. The Morgan fingerprint density at radius 1 is 1.10 bits per heavy atom. The van der Waals surface area contributed by atoms with Crippen molar-refractivity contribution in [3.05, 3.63) is 46.9 Å². The summed E-state index contributed by atoms with van der Waals surface area (Å²) < 4.78 is 0. The molecule has 1 heterocycles. The normalized spacial score (nSPS) is 10.9. The number of rotatable bonds is 3. The summed E-state index contributed by atoms with van der Waals surface area (Å²) >= 11 is 0. The van der Waals surface area contributed by atoms with Crippen LogP contribution in [0.2, 0.25) is 0 Å². The topological polar surface area (TPSA) is 42.9 Å². The summed E-state index contributed by atoms with van der Waals surface area (Å²) in [6.07, 6.45) is 0. The van der Waals surface area contributed by atoms with Crippen LogP contribution in [0.4, 0.5) is 0 Å². The molecule has 0 saturated carbocycles. The van der Waals surface area contributed by atoms with Crippen molar-refractivity contribution in [2.75, 3.05) is 0 Å². The van der Waals surface area contributed by atoms with Crippen LogP contribution in [0.25, 0.3) is 11.3 Å². The lowest BCUT2D eigenvalue weighted by Crippen LogP contribution is -2.04. The number of aryl methyl sites for hydroxylation is 2. The van der Waals surface area contributed by atoms with Gasteiger partial charge in [-0.15, -0.1) is 0 Å². The van der Waals surface area contributed by atoms with E-state index in [1.165, 1.54) is 12.5 Å². The molecule has 0 spiro atoms. The summed E-state index contributed by atoms with van der Waals surface area (Å²) in [5.74, 6) is 0.645. The second-order valence-electron chi connectivity index (χ2n) is 5.50. The van der Waals surface area contributed by atoms with Crippen molar-refractivity contribution in [1.29, 1.82) is 0 Å². The number of carbonyl (C=O) groups is 1. The maximum atomic E-state index is 11.5. The summed E-state index contributed by atoms with van der Waals surface area (Å²) in [5, 5.41) is 0. The fraction of sp³-hybridized carbons (Fsp3) is 0.353. The van der Waals surface area contributed by atoms with Gasteiger partial charge in [0.15, 0.2) is 11.6 Å². The van der Waals surface area contributed by atoms with E-state index in [9.17, 15) is 4.79 Å². The second kappa shape index (κ2) is 5.53. The molecule has 3 heteroatoms. The largest absolute Gasteiger partial charge is 0.291 e. The molecular weight excluding hydrogens is 248 g/mol. The summed E-state index contributed by atoms with van der Waals surface area (Å²) in [4.78, 5) is 20.1. The second-order valence-corrected chi connectivity index (χ2v) is 5.50. The number of ketones is 1. The van der Waals surface area contributed by atoms with Crippen molar-refractivity contribution < 1.29 is 4.79 Å². The molecule has 0 amide bonds. The lowest BCUT2D eigenvalue weighted by Gasteiger charge is -2.12. The van der Waals surface area contributed by atoms with Gasteiger partial charge in [0.2, 0.25) is 0 Å². The van der Waals surface area contributed by atoms with Crippen molar-refractivity contribution in [2.24, 2.45) is 0 Å².